The number of pyridine rings is 1. The first kappa shape index (κ1) is 22.4. The van der Waals surface area contributed by atoms with Crippen LogP contribution in [-0.2, 0) is 4.79 Å². The lowest BCUT2D eigenvalue weighted by atomic mass is 9.98. The van der Waals surface area contributed by atoms with Crippen molar-refractivity contribution in [2.75, 3.05) is 7.11 Å². The number of nitrogens with zero attached hydrogens (tertiary/aromatic N) is 2. The summed E-state index contributed by atoms with van der Waals surface area (Å²) in [5, 5.41) is 21.0. The number of rotatable bonds is 7. The van der Waals surface area contributed by atoms with Gasteiger partial charge in [-0.15, -0.1) is 0 Å². The van der Waals surface area contributed by atoms with Crippen molar-refractivity contribution in [3.8, 4) is 23.1 Å². The number of benzene rings is 2. The van der Waals surface area contributed by atoms with Crippen LogP contribution in [0.1, 0.15) is 39.6 Å². The minimum Gasteiger partial charge on any atom is -0.494 e. The second-order valence-corrected chi connectivity index (χ2v) is 7.03. The number of ether oxygens (including phenoxy) is 1. The van der Waals surface area contributed by atoms with E-state index in [-0.39, 0.29) is 34.7 Å². The van der Waals surface area contributed by atoms with Gasteiger partial charge in [0.25, 0.3) is 5.91 Å². The smallest absolute Gasteiger partial charge is 0.305 e. The van der Waals surface area contributed by atoms with Gasteiger partial charge in [0.15, 0.2) is 0 Å². The molecule has 0 fully saturated rings. The van der Waals surface area contributed by atoms with E-state index in [0.717, 1.165) is 11.6 Å². The molecule has 3 aromatic rings. The quantitative estimate of drug-likeness (QED) is 0.582. The fourth-order valence-corrected chi connectivity index (χ4v) is 3.33. The topological polar surface area (TPSA) is 112 Å². The molecule has 32 heavy (non-hydrogen) atoms. The number of nitrogens with one attached hydrogen (secondary N) is 1. The van der Waals surface area contributed by atoms with E-state index in [2.05, 4.69) is 10.3 Å². The molecule has 1 unspecified atom stereocenters. The number of aromatic nitrogens is 1. The minimum absolute atomic E-state index is 0.0338. The Bertz CT molecular complexity index is 1220. The number of aliphatic carboxylic acids is 1. The molecule has 0 aliphatic rings. The number of halogens is 1. The first-order chi connectivity index (χ1) is 15.3. The van der Waals surface area contributed by atoms with Crippen LogP contribution in [0.15, 0.2) is 54.6 Å². The Kier molecular flexibility index (Phi) is 6.80. The van der Waals surface area contributed by atoms with Crippen molar-refractivity contribution in [1.82, 2.24) is 10.3 Å². The molecule has 1 atom stereocenters. The number of hydrogen-bond acceptors (Lipinski definition) is 5. The maximum absolute atomic E-state index is 14.6. The van der Waals surface area contributed by atoms with Crippen LogP contribution < -0.4 is 10.1 Å². The van der Waals surface area contributed by atoms with Gasteiger partial charge in [-0.25, -0.2) is 9.37 Å². The van der Waals surface area contributed by atoms with E-state index >= 15 is 0 Å². The third-order valence-corrected chi connectivity index (χ3v) is 4.91. The molecule has 0 spiro atoms. The molecule has 0 saturated carbocycles. The van der Waals surface area contributed by atoms with Gasteiger partial charge in [-0.2, -0.15) is 5.26 Å². The van der Waals surface area contributed by atoms with Gasteiger partial charge >= 0.3 is 5.97 Å². The summed E-state index contributed by atoms with van der Waals surface area (Å²) >= 11 is 0. The summed E-state index contributed by atoms with van der Waals surface area (Å²) in [4.78, 5) is 28.6. The molecule has 0 bridgehead atoms. The van der Waals surface area contributed by atoms with Crippen molar-refractivity contribution in [3.05, 3.63) is 82.8 Å². The zero-order valence-corrected chi connectivity index (χ0v) is 17.4. The molecule has 1 heterocycles. The number of carbonyl (C=O) groups excluding carboxylic acids is 1. The number of nitriles is 1. The number of hydrogen-bond donors (Lipinski definition) is 2. The highest BCUT2D eigenvalue weighted by molar-refractivity contribution is 5.94. The Morgan fingerprint density at radius 1 is 1.22 bits per heavy atom. The Labute approximate surface area is 184 Å². The van der Waals surface area contributed by atoms with E-state index in [1.54, 1.807) is 12.1 Å². The lowest BCUT2D eigenvalue weighted by Gasteiger charge is -2.19. The summed E-state index contributed by atoms with van der Waals surface area (Å²) in [6.45, 7) is 1.83. The average molecular weight is 433 g/mol. The van der Waals surface area contributed by atoms with E-state index in [1.165, 1.54) is 31.4 Å². The third-order valence-electron chi connectivity index (χ3n) is 4.91. The lowest BCUT2D eigenvalue weighted by Crippen LogP contribution is -2.31. The summed E-state index contributed by atoms with van der Waals surface area (Å²) in [6, 6.07) is 15.0. The van der Waals surface area contributed by atoms with Crippen molar-refractivity contribution in [2.45, 2.75) is 19.4 Å². The van der Waals surface area contributed by atoms with Crippen LogP contribution in [0.25, 0.3) is 11.3 Å². The largest absolute Gasteiger partial charge is 0.494 e. The molecule has 0 saturated heterocycles. The summed E-state index contributed by atoms with van der Waals surface area (Å²) in [6.07, 6.45) is -0.316. The van der Waals surface area contributed by atoms with Gasteiger partial charge < -0.3 is 15.2 Å². The Morgan fingerprint density at radius 2 is 1.97 bits per heavy atom. The zero-order valence-electron chi connectivity index (χ0n) is 17.4. The van der Waals surface area contributed by atoms with Crippen LogP contribution in [0.3, 0.4) is 0 Å². The van der Waals surface area contributed by atoms with Crippen molar-refractivity contribution in [3.63, 3.8) is 0 Å². The highest BCUT2D eigenvalue weighted by Crippen LogP contribution is 2.31. The van der Waals surface area contributed by atoms with Gasteiger partial charge in [0.2, 0.25) is 0 Å². The highest BCUT2D eigenvalue weighted by Gasteiger charge is 2.22. The Hall–Kier alpha value is -4.25. The third kappa shape index (κ3) is 4.90. The fraction of sp³-hybridized carbons (Fsp3) is 0.167. The summed E-state index contributed by atoms with van der Waals surface area (Å²) in [5.74, 6) is -2.12. The maximum atomic E-state index is 14.6. The number of aryl methyl sites for hydroxylation is 1. The summed E-state index contributed by atoms with van der Waals surface area (Å²) < 4.78 is 19.8. The molecule has 2 aromatic carbocycles. The van der Waals surface area contributed by atoms with Crippen LogP contribution in [0.5, 0.6) is 5.75 Å². The van der Waals surface area contributed by atoms with Crippen molar-refractivity contribution < 1.29 is 23.8 Å². The molecule has 0 radical (unpaired) electrons. The summed E-state index contributed by atoms with van der Waals surface area (Å²) in [7, 11) is 1.39. The van der Waals surface area contributed by atoms with Gasteiger partial charge in [-0.05, 0) is 48.4 Å². The van der Waals surface area contributed by atoms with Gasteiger partial charge in [0.1, 0.15) is 23.0 Å². The predicted octanol–water partition coefficient (Wildman–Crippen LogP) is 4.02. The highest BCUT2D eigenvalue weighted by atomic mass is 19.1. The monoisotopic (exact) mass is 433 g/mol. The maximum Gasteiger partial charge on any atom is 0.305 e. The average Bonchev–Trinajstić information content (AvgIpc) is 2.78. The predicted molar refractivity (Wildman–Crippen MR) is 115 cm³/mol. The van der Waals surface area contributed by atoms with E-state index in [9.17, 15) is 19.1 Å². The van der Waals surface area contributed by atoms with Gasteiger partial charge in [0, 0.05) is 5.56 Å². The Balaban J connectivity index is 1.98. The summed E-state index contributed by atoms with van der Waals surface area (Å²) in [5.41, 5.74) is 1.78. The Morgan fingerprint density at radius 3 is 2.59 bits per heavy atom. The van der Waals surface area contributed by atoms with Crippen LogP contribution in [-0.4, -0.2) is 29.1 Å². The first-order valence-electron chi connectivity index (χ1n) is 9.67. The molecule has 0 aliphatic heterocycles. The van der Waals surface area contributed by atoms with Crippen molar-refractivity contribution >= 4 is 11.9 Å². The molecule has 7 nitrogen and oxygen atoms in total. The van der Waals surface area contributed by atoms with E-state index in [1.807, 2.05) is 25.1 Å². The molecule has 0 aliphatic carbocycles. The SMILES string of the molecule is COc1ccc(C(=O)NC(CC(=O)O)c2ccccc2C)nc1-c1ccc(C#N)cc1F. The van der Waals surface area contributed by atoms with Crippen LogP contribution in [0.4, 0.5) is 4.39 Å². The lowest BCUT2D eigenvalue weighted by molar-refractivity contribution is -0.137. The first-order valence-corrected chi connectivity index (χ1v) is 9.67. The number of carbonyl (C=O) groups is 2. The molecule has 1 amide bonds. The number of amides is 1. The van der Waals surface area contributed by atoms with E-state index in [0.29, 0.717) is 5.56 Å². The zero-order chi connectivity index (χ0) is 23.3. The fourth-order valence-electron chi connectivity index (χ4n) is 3.33. The molecular weight excluding hydrogens is 413 g/mol. The molecule has 2 N–H and O–H groups in total. The minimum atomic E-state index is -1.07. The molecule has 1 aromatic heterocycles. The normalized spacial score (nSPS) is 11.3. The molecule has 3 rings (SSSR count). The van der Waals surface area contributed by atoms with Crippen molar-refractivity contribution in [1.29, 1.82) is 5.26 Å². The molecule has 162 valence electrons. The number of methoxy groups -OCH3 is 1. The van der Waals surface area contributed by atoms with Crippen LogP contribution >= 0.6 is 0 Å². The second-order valence-electron chi connectivity index (χ2n) is 7.03. The van der Waals surface area contributed by atoms with Gasteiger partial charge in [-0.1, -0.05) is 24.3 Å². The van der Waals surface area contributed by atoms with E-state index in [4.69, 9.17) is 10.00 Å². The second kappa shape index (κ2) is 9.71. The standard InChI is InChI=1S/C24H20FN3O4/c1-14-5-3-4-6-16(14)20(12-22(29)30)28-24(31)19-9-10-21(32-2)23(27-19)17-8-7-15(13-26)11-18(17)25/h3-11,20H,12H2,1-2H3,(H,28,31)(H,29,30). The van der Waals surface area contributed by atoms with Gasteiger partial charge in [-0.3, -0.25) is 9.59 Å². The van der Waals surface area contributed by atoms with Gasteiger partial charge in [0.05, 0.1) is 31.2 Å². The van der Waals surface area contributed by atoms with E-state index < -0.39 is 23.7 Å². The van der Waals surface area contributed by atoms with Crippen LogP contribution in [0, 0.1) is 24.1 Å². The number of carboxylic acid groups (broad SMARTS) is 1. The van der Waals surface area contributed by atoms with Crippen molar-refractivity contribution in [2.24, 2.45) is 0 Å². The molecule has 8 heteroatoms. The number of carboxylic acids is 1. The van der Waals surface area contributed by atoms with Crippen LogP contribution in [0.2, 0.25) is 0 Å². The molecular formula is C24H20FN3O4.